The Morgan fingerprint density at radius 1 is 1.03 bits per heavy atom. The number of carbonyl (C=O) groups is 1. The zero-order chi connectivity index (χ0) is 25.2. The molecule has 0 aliphatic heterocycles. The summed E-state index contributed by atoms with van der Waals surface area (Å²) in [5, 5.41) is 9.98. The van der Waals surface area contributed by atoms with Gasteiger partial charge in [-0.25, -0.2) is 0 Å². The van der Waals surface area contributed by atoms with Gasteiger partial charge in [0.2, 0.25) is 0 Å². The highest BCUT2D eigenvalue weighted by molar-refractivity contribution is 6.30. The zero-order valence-electron chi connectivity index (χ0n) is 19.5. The number of nitrogens with zero attached hydrogens (tertiary/aromatic N) is 2. The second kappa shape index (κ2) is 12.6. The molecule has 0 aliphatic carbocycles. The van der Waals surface area contributed by atoms with Gasteiger partial charge in [0.05, 0.1) is 12.7 Å². The van der Waals surface area contributed by atoms with Crippen molar-refractivity contribution < 1.29 is 23.7 Å². The molecule has 0 saturated heterocycles. The largest absolute Gasteiger partial charge is 0.497 e. The van der Waals surface area contributed by atoms with Gasteiger partial charge in [-0.15, -0.1) is 0 Å². The monoisotopic (exact) mass is 496 g/mol. The van der Waals surface area contributed by atoms with E-state index in [0.29, 0.717) is 41.8 Å². The summed E-state index contributed by atoms with van der Waals surface area (Å²) in [7, 11) is 3.06. The Bertz CT molecular complexity index is 1280. The quantitative estimate of drug-likeness (QED) is 0.275. The van der Waals surface area contributed by atoms with Crippen molar-refractivity contribution in [3.05, 3.63) is 86.8 Å². The number of hydrogen-bond donors (Lipinski definition) is 0. The molecular weight excluding hydrogens is 472 g/mol. The van der Waals surface area contributed by atoms with E-state index in [4.69, 9.17) is 30.5 Å². The van der Waals surface area contributed by atoms with Crippen LogP contribution in [-0.2, 0) is 11.3 Å². The van der Waals surface area contributed by atoms with E-state index in [-0.39, 0.29) is 29.9 Å². The van der Waals surface area contributed by atoms with Crippen LogP contribution in [-0.4, -0.2) is 44.4 Å². The van der Waals surface area contributed by atoms with Crippen LogP contribution in [0.2, 0.25) is 5.02 Å². The third kappa shape index (κ3) is 6.85. The highest BCUT2D eigenvalue weighted by Crippen LogP contribution is 2.27. The van der Waals surface area contributed by atoms with Crippen molar-refractivity contribution in [2.24, 2.45) is 0 Å². The molecule has 0 fully saturated rings. The average molecular weight is 497 g/mol. The minimum absolute atomic E-state index is 0.117. The molecule has 9 heteroatoms. The molecule has 3 aromatic rings. The van der Waals surface area contributed by atoms with Crippen LogP contribution in [0.5, 0.6) is 17.2 Å². The third-order valence-electron chi connectivity index (χ3n) is 5.05. The normalized spacial score (nSPS) is 10.5. The number of ether oxygens (including phenoxy) is 4. The van der Waals surface area contributed by atoms with Crippen molar-refractivity contribution in [1.29, 1.82) is 5.26 Å². The van der Waals surface area contributed by atoms with Crippen LogP contribution in [0.3, 0.4) is 0 Å². The molecule has 0 radical (unpaired) electrons. The van der Waals surface area contributed by atoms with E-state index in [0.717, 1.165) is 0 Å². The average Bonchev–Trinajstić information content (AvgIpc) is 2.87. The molecule has 182 valence electrons. The van der Waals surface area contributed by atoms with Gasteiger partial charge < -0.3 is 23.5 Å². The van der Waals surface area contributed by atoms with Crippen LogP contribution >= 0.6 is 11.6 Å². The van der Waals surface area contributed by atoms with Gasteiger partial charge in [-0.3, -0.25) is 9.59 Å². The van der Waals surface area contributed by atoms with Gasteiger partial charge in [0.25, 0.3) is 5.56 Å². The van der Waals surface area contributed by atoms with Gasteiger partial charge in [-0.1, -0.05) is 17.7 Å². The Kier molecular flexibility index (Phi) is 9.30. The maximum Gasteiger partial charge on any atom is 0.268 e. The molecular formula is C26H25ClN2O6. The summed E-state index contributed by atoms with van der Waals surface area (Å²) in [6.45, 7) is 1.14. The van der Waals surface area contributed by atoms with Gasteiger partial charge in [0, 0.05) is 37.0 Å². The number of nitriles is 1. The first-order valence-corrected chi connectivity index (χ1v) is 11.2. The fraction of sp³-hybridized carbons (Fsp3) is 0.269. The number of halogens is 1. The summed E-state index contributed by atoms with van der Waals surface area (Å²) in [5.74, 6) is 0.976. The lowest BCUT2D eigenvalue weighted by Crippen LogP contribution is -2.24. The smallest absolute Gasteiger partial charge is 0.268 e. The number of carbonyl (C=O) groups excluding carboxylic acids is 1. The van der Waals surface area contributed by atoms with Crippen molar-refractivity contribution in [2.45, 2.75) is 13.0 Å². The van der Waals surface area contributed by atoms with E-state index in [1.807, 2.05) is 6.07 Å². The van der Waals surface area contributed by atoms with Gasteiger partial charge in [0.15, 0.2) is 5.78 Å². The van der Waals surface area contributed by atoms with E-state index < -0.39 is 11.3 Å². The Morgan fingerprint density at radius 3 is 2.54 bits per heavy atom. The number of methoxy groups -OCH3 is 2. The molecule has 0 unspecified atom stereocenters. The lowest BCUT2D eigenvalue weighted by atomic mass is 10.0. The van der Waals surface area contributed by atoms with Gasteiger partial charge in [0.1, 0.15) is 42.1 Å². The van der Waals surface area contributed by atoms with E-state index >= 15 is 0 Å². The summed E-state index contributed by atoms with van der Waals surface area (Å²) in [6, 6.07) is 15.0. The lowest BCUT2D eigenvalue weighted by Gasteiger charge is -2.14. The van der Waals surface area contributed by atoms with Crippen LogP contribution in [0.1, 0.15) is 27.9 Å². The fourth-order valence-electron chi connectivity index (χ4n) is 3.35. The van der Waals surface area contributed by atoms with Crippen molar-refractivity contribution in [3.63, 3.8) is 0 Å². The van der Waals surface area contributed by atoms with Crippen molar-refractivity contribution in [3.8, 4) is 23.3 Å². The first-order chi connectivity index (χ1) is 17.0. The first kappa shape index (κ1) is 25.8. The predicted molar refractivity (Wildman–Crippen MR) is 131 cm³/mol. The van der Waals surface area contributed by atoms with Crippen LogP contribution in [0, 0.1) is 11.3 Å². The van der Waals surface area contributed by atoms with E-state index in [9.17, 15) is 14.9 Å². The van der Waals surface area contributed by atoms with Crippen molar-refractivity contribution >= 4 is 17.4 Å². The molecule has 0 spiro atoms. The molecule has 0 aliphatic rings. The minimum atomic E-state index is -0.458. The number of ketones is 1. The summed E-state index contributed by atoms with van der Waals surface area (Å²) >= 11 is 5.97. The SMILES string of the molecule is COCCCn1cc(C(=O)c2cc(OC)ccc2OCCOc2cccc(Cl)c2)cc(C#N)c1=O. The maximum absolute atomic E-state index is 13.5. The van der Waals surface area contributed by atoms with E-state index in [1.165, 1.54) is 23.9 Å². The van der Waals surface area contributed by atoms with Crippen LogP contribution in [0.4, 0.5) is 0 Å². The molecule has 1 heterocycles. The third-order valence-corrected chi connectivity index (χ3v) is 5.29. The number of pyridine rings is 1. The van der Waals surface area contributed by atoms with Crippen LogP contribution < -0.4 is 19.8 Å². The molecule has 0 amide bonds. The summed E-state index contributed by atoms with van der Waals surface area (Å²) in [5.41, 5.74) is -0.154. The number of rotatable bonds is 12. The number of benzene rings is 2. The molecule has 0 saturated carbocycles. The number of hydrogen-bond acceptors (Lipinski definition) is 7. The second-order valence-corrected chi connectivity index (χ2v) is 7.88. The highest BCUT2D eigenvalue weighted by atomic mass is 35.5. The molecule has 0 N–H and O–H groups in total. The second-order valence-electron chi connectivity index (χ2n) is 7.44. The van der Waals surface area contributed by atoms with Crippen molar-refractivity contribution in [2.75, 3.05) is 34.0 Å². The molecule has 8 nitrogen and oxygen atoms in total. The minimum Gasteiger partial charge on any atom is -0.497 e. The van der Waals surface area contributed by atoms with Crippen LogP contribution in [0.15, 0.2) is 59.5 Å². The fourth-order valence-corrected chi connectivity index (χ4v) is 3.53. The van der Waals surface area contributed by atoms with E-state index in [1.54, 1.807) is 49.6 Å². The molecule has 0 atom stereocenters. The van der Waals surface area contributed by atoms with E-state index in [2.05, 4.69) is 0 Å². The molecule has 35 heavy (non-hydrogen) atoms. The summed E-state index contributed by atoms with van der Waals surface area (Å²) in [4.78, 5) is 26.0. The molecule has 1 aromatic heterocycles. The van der Waals surface area contributed by atoms with Gasteiger partial charge in [-0.05, 0) is 48.9 Å². The van der Waals surface area contributed by atoms with Gasteiger partial charge >= 0.3 is 0 Å². The van der Waals surface area contributed by atoms with Crippen LogP contribution in [0.25, 0.3) is 0 Å². The standard InChI is InChI=1S/C26H25ClN2O6/c1-32-10-4-9-29-17-19(13-18(16-28)26(29)31)25(30)23-15-21(33-2)7-8-24(23)35-12-11-34-22-6-3-5-20(27)14-22/h3,5-8,13-15,17H,4,9-12H2,1-2H3. The zero-order valence-corrected chi connectivity index (χ0v) is 20.2. The Labute approximate surface area is 208 Å². The number of aromatic nitrogens is 1. The molecule has 2 aromatic carbocycles. The Morgan fingerprint density at radius 2 is 1.83 bits per heavy atom. The first-order valence-electron chi connectivity index (χ1n) is 10.8. The highest BCUT2D eigenvalue weighted by Gasteiger charge is 2.19. The molecule has 0 bridgehead atoms. The topological polar surface area (TPSA) is 99.8 Å². The lowest BCUT2D eigenvalue weighted by molar-refractivity contribution is 0.103. The Hall–Kier alpha value is -3.80. The van der Waals surface area contributed by atoms with Crippen molar-refractivity contribution in [1.82, 2.24) is 4.57 Å². The van der Waals surface area contributed by atoms with Gasteiger partial charge in [-0.2, -0.15) is 5.26 Å². The predicted octanol–water partition coefficient (Wildman–Crippen LogP) is 4.11. The number of aryl methyl sites for hydroxylation is 1. The maximum atomic E-state index is 13.5. The Balaban J connectivity index is 1.83. The summed E-state index contributed by atoms with van der Waals surface area (Å²) < 4.78 is 23.1. The molecule has 3 rings (SSSR count). The summed E-state index contributed by atoms with van der Waals surface area (Å²) in [6.07, 6.45) is 2.01.